The minimum atomic E-state index is 0.216. The highest BCUT2D eigenvalue weighted by Crippen LogP contribution is 2.08. The van der Waals surface area contributed by atoms with Crippen molar-refractivity contribution in [3.63, 3.8) is 0 Å². The fraction of sp³-hybridized carbons (Fsp3) is 0.667. The second kappa shape index (κ2) is 9.75. The summed E-state index contributed by atoms with van der Waals surface area (Å²) in [6, 6.07) is 4.14. The van der Waals surface area contributed by atoms with Gasteiger partial charge >= 0.3 is 0 Å². The molecule has 108 valence electrons. The standard InChI is InChI=1S/C15H27N3O/c1-3-5-9-18(10-11-19)13-14-6-7-15(17-12-14)16-8-4-2/h6-7,12,19H,3-5,8-11,13H2,1-2H3,(H,16,17). The number of nitrogens with one attached hydrogen (secondary N) is 1. The van der Waals surface area contributed by atoms with Crippen molar-refractivity contribution in [1.82, 2.24) is 9.88 Å². The number of hydrogen-bond donors (Lipinski definition) is 2. The zero-order valence-electron chi connectivity index (χ0n) is 12.2. The lowest BCUT2D eigenvalue weighted by Gasteiger charge is -2.21. The van der Waals surface area contributed by atoms with E-state index < -0.39 is 0 Å². The summed E-state index contributed by atoms with van der Waals surface area (Å²) in [6.45, 7) is 8.13. The van der Waals surface area contributed by atoms with Gasteiger partial charge in [-0.2, -0.15) is 0 Å². The monoisotopic (exact) mass is 265 g/mol. The summed E-state index contributed by atoms with van der Waals surface area (Å²) in [5.74, 6) is 0.938. The third kappa shape index (κ3) is 6.55. The van der Waals surface area contributed by atoms with Crippen molar-refractivity contribution in [3.05, 3.63) is 23.9 Å². The number of aromatic nitrogens is 1. The van der Waals surface area contributed by atoms with Gasteiger partial charge in [0.25, 0.3) is 0 Å². The van der Waals surface area contributed by atoms with E-state index in [0.717, 1.165) is 38.4 Å². The van der Waals surface area contributed by atoms with Crippen LogP contribution in [0.5, 0.6) is 0 Å². The van der Waals surface area contributed by atoms with Crippen molar-refractivity contribution in [2.45, 2.75) is 39.7 Å². The highest BCUT2D eigenvalue weighted by molar-refractivity contribution is 5.35. The molecular formula is C15H27N3O. The van der Waals surface area contributed by atoms with Crippen LogP contribution in [-0.2, 0) is 6.54 Å². The molecule has 0 saturated carbocycles. The van der Waals surface area contributed by atoms with Gasteiger partial charge in [0, 0.05) is 25.8 Å². The Labute approximate surface area is 116 Å². The highest BCUT2D eigenvalue weighted by Gasteiger charge is 2.05. The molecule has 1 aromatic rings. The summed E-state index contributed by atoms with van der Waals surface area (Å²) >= 11 is 0. The molecular weight excluding hydrogens is 238 g/mol. The normalized spacial score (nSPS) is 10.9. The third-order valence-electron chi connectivity index (χ3n) is 3.03. The van der Waals surface area contributed by atoms with Crippen molar-refractivity contribution in [2.24, 2.45) is 0 Å². The summed E-state index contributed by atoms with van der Waals surface area (Å²) in [5, 5.41) is 12.4. The number of anilines is 1. The van der Waals surface area contributed by atoms with Crippen LogP contribution in [0, 0.1) is 0 Å². The van der Waals surface area contributed by atoms with Crippen LogP contribution in [0.3, 0.4) is 0 Å². The summed E-state index contributed by atoms with van der Waals surface area (Å²) in [5.41, 5.74) is 1.20. The molecule has 0 atom stereocenters. The summed E-state index contributed by atoms with van der Waals surface area (Å²) in [4.78, 5) is 6.69. The topological polar surface area (TPSA) is 48.4 Å². The largest absolute Gasteiger partial charge is 0.395 e. The lowest BCUT2D eigenvalue weighted by Crippen LogP contribution is -2.27. The van der Waals surface area contributed by atoms with Gasteiger partial charge in [0.2, 0.25) is 0 Å². The summed E-state index contributed by atoms with van der Waals surface area (Å²) in [7, 11) is 0. The Morgan fingerprint density at radius 3 is 2.63 bits per heavy atom. The van der Waals surface area contributed by atoms with Gasteiger partial charge in [-0.15, -0.1) is 0 Å². The molecule has 0 aliphatic heterocycles. The Kier molecular flexibility index (Phi) is 8.18. The van der Waals surface area contributed by atoms with Gasteiger partial charge in [0.1, 0.15) is 5.82 Å². The van der Waals surface area contributed by atoms with Crippen LogP contribution in [0.25, 0.3) is 0 Å². The molecule has 2 N–H and O–H groups in total. The van der Waals surface area contributed by atoms with Gasteiger partial charge < -0.3 is 10.4 Å². The molecule has 1 aromatic heterocycles. The number of aliphatic hydroxyl groups is 1. The van der Waals surface area contributed by atoms with E-state index in [2.05, 4.69) is 35.1 Å². The Morgan fingerprint density at radius 2 is 2.05 bits per heavy atom. The molecule has 0 bridgehead atoms. The van der Waals surface area contributed by atoms with Crippen molar-refractivity contribution in [3.8, 4) is 0 Å². The zero-order valence-corrected chi connectivity index (χ0v) is 12.2. The molecule has 4 nitrogen and oxygen atoms in total. The minimum absolute atomic E-state index is 0.216. The molecule has 1 heterocycles. The van der Waals surface area contributed by atoms with Crippen LogP contribution >= 0.6 is 0 Å². The number of hydrogen-bond acceptors (Lipinski definition) is 4. The first kappa shape index (κ1) is 15.9. The van der Waals surface area contributed by atoms with E-state index in [9.17, 15) is 0 Å². The Morgan fingerprint density at radius 1 is 1.21 bits per heavy atom. The van der Waals surface area contributed by atoms with Crippen LogP contribution < -0.4 is 5.32 Å². The number of aliphatic hydroxyl groups excluding tert-OH is 1. The van der Waals surface area contributed by atoms with Crippen LogP contribution in [0.1, 0.15) is 38.7 Å². The number of nitrogens with zero attached hydrogens (tertiary/aromatic N) is 2. The maximum Gasteiger partial charge on any atom is 0.125 e. The minimum Gasteiger partial charge on any atom is -0.395 e. The lowest BCUT2D eigenvalue weighted by molar-refractivity contribution is 0.188. The number of pyridine rings is 1. The van der Waals surface area contributed by atoms with Gasteiger partial charge in [0.15, 0.2) is 0 Å². The predicted octanol–water partition coefficient (Wildman–Crippen LogP) is 2.50. The molecule has 1 rings (SSSR count). The van der Waals surface area contributed by atoms with E-state index in [1.165, 1.54) is 18.4 Å². The fourth-order valence-corrected chi connectivity index (χ4v) is 1.93. The molecule has 4 heteroatoms. The first-order valence-electron chi connectivity index (χ1n) is 7.32. The lowest BCUT2D eigenvalue weighted by atomic mass is 10.2. The number of rotatable bonds is 10. The first-order valence-corrected chi connectivity index (χ1v) is 7.32. The summed E-state index contributed by atoms with van der Waals surface area (Å²) < 4.78 is 0. The van der Waals surface area contributed by atoms with E-state index in [1.807, 2.05) is 12.3 Å². The van der Waals surface area contributed by atoms with Gasteiger partial charge in [-0.3, -0.25) is 4.90 Å². The van der Waals surface area contributed by atoms with Crippen molar-refractivity contribution < 1.29 is 5.11 Å². The molecule has 0 amide bonds. The molecule has 0 unspecified atom stereocenters. The molecule has 0 fully saturated rings. The van der Waals surface area contributed by atoms with Crippen LogP contribution in [0.4, 0.5) is 5.82 Å². The van der Waals surface area contributed by atoms with E-state index >= 15 is 0 Å². The van der Waals surface area contributed by atoms with Crippen LogP contribution in [0.15, 0.2) is 18.3 Å². The maximum atomic E-state index is 9.09. The van der Waals surface area contributed by atoms with Crippen molar-refractivity contribution in [2.75, 3.05) is 31.6 Å². The molecule has 0 aromatic carbocycles. The highest BCUT2D eigenvalue weighted by atomic mass is 16.3. The Balaban J connectivity index is 2.48. The zero-order chi connectivity index (χ0) is 13.9. The third-order valence-corrected chi connectivity index (χ3v) is 3.03. The maximum absolute atomic E-state index is 9.09. The van der Waals surface area contributed by atoms with E-state index in [4.69, 9.17) is 5.11 Å². The van der Waals surface area contributed by atoms with Gasteiger partial charge in [-0.25, -0.2) is 4.98 Å². The Hall–Kier alpha value is -1.13. The van der Waals surface area contributed by atoms with Crippen molar-refractivity contribution in [1.29, 1.82) is 0 Å². The first-order chi connectivity index (χ1) is 9.30. The van der Waals surface area contributed by atoms with Crippen LogP contribution in [-0.4, -0.2) is 41.2 Å². The van der Waals surface area contributed by atoms with E-state index in [-0.39, 0.29) is 6.61 Å². The van der Waals surface area contributed by atoms with Gasteiger partial charge in [-0.1, -0.05) is 26.3 Å². The average molecular weight is 265 g/mol. The Bertz CT molecular complexity index is 327. The van der Waals surface area contributed by atoms with Gasteiger partial charge in [-0.05, 0) is 31.0 Å². The number of unbranched alkanes of at least 4 members (excludes halogenated alkanes) is 1. The molecule has 0 aliphatic rings. The van der Waals surface area contributed by atoms with E-state index in [1.54, 1.807) is 0 Å². The van der Waals surface area contributed by atoms with E-state index in [0.29, 0.717) is 0 Å². The summed E-state index contributed by atoms with van der Waals surface area (Å²) in [6.07, 6.45) is 5.38. The van der Waals surface area contributed by atoms with Crippen molar-refractivity contribution >= 4 is 5.82 Å². The molecule has 0 spiro atoms. The smallest absolute Gasteiger partial charge is 0.125 e. The second-order valence-corrected chi connectivity index (χ2v) is 4.83. The fourth-order valence-electron chi connectivity index (χ4n) is 1.93. The molecule has 0 radical (unpaired) electrons. The quantitative estimate of drug-likeness (QED) is 0.682. The van der Waals surface area contributed by atoms with Crippen LogP contribution in [0.2, 0.25) is 0 Å². The molecule has 0 saturated heterocycles. The molecule has 19 heavy (non-hydrogen) atoms. The SMILES string of the molecule is CCCCN(CCO)Cc1ccc(NCCC)nc1. The van der Waals surface area contributed by atoms with Gasteiger partial charge in [0.05, 0.1) is 6.61 Å². The second-order valence-electron chi connectivity index (χ2n) is 4.83. The predicted molar refractivity (Wildman–Crippen MR) is 80.3 cm³/mol. The average Bonchev–Trinajstić information content (AvgIpc) is 2.44. The molecule has 0 aliphatic carbocycles.